The molecule has 1 amide bonds. The second-order valence-corrected chi connectivity index (χ2v) is 5.55. The van der Waals surface area contributed by atoms with Gasteiger partial charge in [-0.25, -0.2) is 0 Å². The van der Waals surface area contributed by atoms with Gasteiger partial charge in [0.2, 0.25) is 5.91 Å². The van der Waals surface area contributed by atoms with Crippen LogP contribution in [0.25, 0.3) is 0 Å². The first-order valence-electron chi connectivity index (χ1n) is 7.09. The number of aliphatic hydroxyl groups is 1. The summed E-state index contributed by atoms with van der Waals surface area (Å²) in [6.45, 7) is 1.11. The number of rotatable bonds is 2. The molecule has 7 nitrogen and oxygen atoms in total. The van der Waals surface area contributed by atoms with Gasteiger partial charge in [0.25, 0.3) is 5.69 Å². The van der Waals surface area contributed by atoms with Crippen LogP contribution in [0, 0.1) is 10.1 Å². The van der Waals surface area contributed by atoms with Crippen LogP contribution in [0.5, 0.6) is 0 Å². The van der Waals surface area contributed by atoms with Gasteiger partial charge >= 0.3 is 0 Å². The fourth-order valence-electron chi connectivity index (χ4n) is 2.98. The van der Waals surface area contributed by atoms with Gasteiger partial charge in [-0.3, -0.25) is 14.9 Å². The summed E-state index contributed by atoms with van der Waals surface area (Å²) in [6, 6.07) is 3.22. The Labute approximate surface area is 121 Å². The summed E-state index contributed by atoms with van der Waals surface area (Å²) in [7, 11) is 0. The molecule has 0 bridgehead atoms. The molecule has 0 saturated carbocycles. The molecule has 0 spiro atoms. The first-order chi connectivity index (χ1) is 10.0. The van der Waals surface area contributed by atoms with Crippen molar-refractivity contribution in [2.24, 2.45) is 0 Å². The summed E-state index contributed by atoms with van der Waals surface area (Å²) in [6.07, 6.45) is 2.07. The zero-order chi connectivity index (χ0) is 15.0. The molecule has 2 aliphatic heterocycles. The Morgan fingerprint density at radius 3 is 2.90 bits per heavy atom. The number of nitrogens with one attached hydrogen (secondary N) is 1. The predicted octanol–water partition coefficient (Wildman–Crippen LogP) is 1.44. The standard InChI is InChI=1S/C14H17N3O4/c18-10-2-1-5-16(8-10)12-6-9-3-4-14(19)15-11(9)7-13(12)17(20)21/h6-7,10,18H,1-5,8H2,(H,15,19). The summed E-state index contributed by atoms with van der Waals surface area (Å²) in [5.41, 5.74) is 1.95. The third kappa shape index (κ3) is 2.69. The zero-order valence-corrected chi connectivity index (χ0v) is 11.5. The number of hydrogen-bond donors (Lipinski definition) is 2. The van der Waals surface area contributed by atoms with Gasteiger partial charge < -0.3 is 15.3 Å². The molecule has 21 heavy (non-hydrogen) atoms. The van der Waals surface area contributed by atoms with Crippen LogP contribution in [0.1, 0.15) is 24.8 Å². The highest BCUT2D eigenvalue weighted by Crippen LogP contribution is 2.37. The molecule has 1 saturated heterocycles. The average Bonchev–Trinajstić information content (AvgIpc) is 2.45. The minimum atomic E-state index is -0.450. The smallest absolute Gasteiger partial charge is 0.294 e. The van der Waals surface area contributed by atoms with Crippen molar-refractivity contribution in [2.75, 3.05) is 23.3 Å². The van der Waals surface area contributed by atoms with Gasteiger partial charge in [0.1, 0.15) is 5.69 Å². The number of hydrogen-bond acceptors (Lipinski definition) is 5. The monoisotopic (exact) mass is 291 g/mol. The minimum absolute atomic E-state index is 0.0231. The second kappa shape index (κ2) is 5.33. The number of nitro benzene ring substituents is 1. The van der Waals surface area contributed by atoms with Gasteiger partial charge in [0, 0.05) is 25.6 Å². The molecule has 112 valence electrons. The topological polar surface area (TPSA) is 95.7 Å². The number of carbonyl (C=O) groups is 1. The van der Waals surface area contributed by atoms with Crippen molar-refractivity contribution in [3.05, 3.63) is 27.8 Å². The van der Waals surface area contributed by atoms with Gasteiger partial charge in [-0.15, -0.1) is 0 Å². The highest BCUT2D eigenvalue weighted by atomic mass is 16.6. The molecule has 2 aliphatic rings. The van der Waals surface area contributed by atoms with Gasteiger partial charge in [-0.2, -0.15) is 0 Å². The number of fused-ring (bicyclic) bond motifs is 1. The summed E-state index contributed by atoms with van der Waals surface area (Å²) in [5, 5.41) is 23.8. The number of benzene rings is 1. The molecular formula is C14H17N3O4. The molecule has 3 rings (SSSR count). The van der Waals surface area contributed by atoms with E-state index in [1.807, 2.05) is 4.90 Å². The Bertz CT molecular complexity index is 602. The molecule has 0 radical (unpaired) electrons. The molecule has 0 aliphatic carbocycles. The molecule has 7 heteroatoms. The van der Waals surface area contributed by atoms with E-state index >= 15 is 0 Å². The number of anilines is 2. The van der Waals surface area contributed by atoms with Crippen LogP contribution in [0.2, 0.25) is 0 Å². The van der Waals surface area contributed by atoms with Gasteiger partial charge in [-0.05, 0) is 30.9 Å². The SMILES string of the molecule is O=C1CCc2cc(N3CCCC(O)C3)c([N+](=O)[O-])cc2N1. The van der Waals surface area contributed by atoms with Crippen LogP contribution in [0.15, 0.2) is 12.1 Å². The largest absolute Gasteiger partial charge is 0.391 e. The van der Waals surface area contributed by atoms with E-state index in [-0.39, 0.29) is 11.6 Å². The van der Waals surface area contributed by atoms with Crippen LogP contribution in [0.4, 0.5) is 17.1 Å². The van der Waals surface area contributed by atoms with E-state index in [4.69, 9.17) is 0 Å². The fraction of sp³-hybridized carbons (Fsp3) is 0.500. The van der Waals surface area contributed by atoms with E-state index < -0.39 is 11.0 Å². The van der Waals surface area contributed by atoms with Crippen LogP contribution < -0.4 is 10.2 Å². The number of nitrogens with zero attached hydrogens (tertiary/aromatic N) is 2. The lowest BCUT2D eigenvalue weighted by Gasteiger charge is -2.32. The summed E-state index contributed by atoms with van der Waals surface area (Å²) >= 11 is 0. The number of aryl methyl sites for hydroxylation is 1. The molecule has 1 aromatic rings. The van der Waals surface area contributed by atoms with Crippen LogP contribution >= 0.6 is 0 Å². The highest BCUT2D eigenvalue weighted by molar-refractivity contribution is 5.95. The second-order valence-electron chi connectivity index (χ2n) is 5.55. The molecule has 2 heterocycles. The van der Waals surface area contributed by atoms with Crippen molar-refractivity contribution in [1.29, 1.82) is 0 Å². The van der Waals surface area contributed by atoms with Crippen molar-refractivity contribution >= 4 is 23.0 Å². The maximum atomic E-state index is 11.4. The van der Waals surface area contributed by atoms with Crippen LogP contribution in [-0.4, -0.2) is 35.1 Å². The molecule has 1 unspecified atom stereocenters. The number of amides is 1. The van der Waals surface area contributed by atoms with E-state index in [0.717, 1.165) is 18.4 Å². The van der Waals surface area contributed by atoms with E-state index in [1.54, 1.807) is 6.07 Å². The molecule has 1 atom stereocenters. The Morgan fingerprint density at radius 1 is 1.38 bits per heavy atom. The molecule has 0 aromatic heterocycles. The quantitative estimate of drug-likeness (QED) is 0.635. The van der Waals surface area contributed by atoms with E-state index in [9.17, 15) is 20.0 Å². The lowest BCUT2D eigenvalue weighted by Crippen LogP contribution is -2.38. The molecule has 1 fully saturated rings. The van der Waals surface area contributed by atoms with E-state index in [0.29, 0.717) is 37.3 Å². The maximum Gasteiger partial charge on any atom is 0.294 e. The number of piperidine rings is 1. The van der Waals surface area contributed by atoms with Crippen molar-refractivity contribution in [1.82, 2.24) is 0 Å². The van der Waals surface area contributed by atoms with Crippen molar-refractivity contribution < 1.29 is 14.8 Å². The van der Waals surface area contributed by atoms with Crippen molar-refractivity contribution in [2.45, 2.75) is 31.8 Å². The number of carbonyl (C=O) groups excluding carboxylic acids is 1. The number of β-amino-alcohol motifs (C(OH)–C–C–N with tert-alkyl or cyclic N) is 1. The highest BCUT2D eigenvalue weighted by Gasteiger charge is 2.28. The van der Waals surface area contributed by atoms with Crippen LogP contribution in [0.3, 0.4) is 0 Å². The third-order valence-corrected chi connectivity index (χ3v) is 4.03. The predicted molar refractivity (Wildman–Crippen MR) is 77.5 cm³/mol. The Morgan fingerprint density at radius 2 is 2.19 bits per heavy atom. The molecule has 2 N–H and O–H groups in total. The average molecular weight is 291 g/mol. The van der Waals surface area contributed by atoms with Gasteiger partial charge in [0.15, 0.2) is 0 Å². The maximum absolute atomic E-state index is 11.4. The molecule has 1 aromatic carbocycles. The fourth-order valence-corrected chi connectivity index (χ4v) is 2.98. The van der Waals surface area contributed by atoms with Gasteiger partial charge in [-0.1, -0.05) is 0 Å². The van der Waals surface area contributed by atoms with E-state index in [1.165, 1.54) is 6.07 Å². The zero-order valence-electron chi connectivity index (χ0n) is 11.5. The summed E-state index contributed by atoms with van der Waals surface area (Å²) in [4.78, 5) is 24.2. The van der Waals surface area contributed by atoms with Gasteiger partial charge in [0.05, 0.1) is 16.7 Å². The lowest BCUT2D eigenvalue weighted by atomic mass is 9.99. The minimum Gasteiger partial charge on any atom is -0.391 e. The van der Waals surface area contributed by atoms with Crippen molar-refractivity contribution in [3.63, 3.8) is 0 Å². The summed E-state index contributed by atoms with van der Waals surface area (Å²) < 4.78 is 0. The number of aliphatic hydroxyl groups excluding tert-OH is 1. The Balaban J connectivity index is 2.02. The first-order valence-corrected chi connectivity index (χ1v) is 7.09. The van der Waals surface area contributed by atoms with Crippen LogP contribution in [-0.2, 0) is 11.2 Å². The van der Waals surface area contributed by atoms with Crippen molar-refractivity contribution in [3.8, 4) is 0 Å². The van der Waals surface area contributed by atoms with E-state index in [2.05, 4.69) is 5.32 Å². The number of nitro groups is 1. The summed E-state index contributed by atoms with van der Waals surface area (Å²) in [5.74, 6) is -0.113. The molecular weight excluding hydrogens is 274 g/mol. The first kappa shape index (κ1) is 13.8. The normalized spacial score (nSPS) is 21.7. The third-order valence-electron chi connectivity index (χ3n) is 4.03. The Kier molecular flexibility index (Phi) is 3.50. The lowest BCUT2D eigenvalue weighted by molar-refractivity contribution is -0.384. The Hall–Kier alpha value is -2.15.